The molecule has 3 aromatic rings. The van der Waals surface area contributed by atoms with Crippen LogP contribution in [0.1, 0.15) is 66.9 Å². The van der Waals surface area contributed by atoms with E-state index in [9.17, 15) is 9.59 Å². The molecule has 5 rings (SSSR count). The Balaban J connectivity index is 1.12. The minimum absolute atomic E-state index is 0.153. The molecule has 3 aromatic heterocycles. The van der Waals surface area contributed by atoms with E-state index in [0.717, 1.165) is 42.1 Å². The van der Waals surface area contributed by atoms with Crippen LogP contribution in [0, 0.1) is 0 Å². The van der Waals surface area contributed by atoms with Crippen LogP contribution in [0.15, 0.2) is 54.9 Å². The number of dihydropyridines is 1. The van der Waals surface area contributed by atoms with Crippen molar-refractivity contribution in [1.82, 2.24) is 30.7 Å². The summed E-state index contributed by atoms with van der Waals surface area (Å²) in [6.45, 7) is 1.44. The summed E-state index contributed by atoms with van der Waals surface area (Å²) in [6, 6.07) is 7.81. The maximum Gasteiger partial charge on any atom is 0.229 e. The van der Waals surface area contributed by atoms with Gasteiger partial charge in [-0.05, 0) is 80.1 Å². The lowest BCUT2D eigenvalue weighted by atomic mass is 9.87. The maximum atomic E-state index is 13.1. The number of amides is 2. The van der Waals surface area contributed by atoms with Crippen molar-refractivity contribution in [3.8, 4) is 0 Å². The van der Waals surface area contributed by atoms with Gasteiger partial charge in [-0.3, -0.25) is 14.6 Å². The van der Waals surface area contributed by atoms with E-state index in [1.807, 2.05) is 36.7 Å². The fourth-order valence-corrected chi connectivity index (χ4v) is 5.18. The van der Waals surface area contributed by atoms with Gasteiger partial charge in [-0.15, -0.1) is 15.3 Å². The summed E-state index contributed by atoms with van der Waals surface area (Å²) in [7, 11) is 0. The summed E-state index contributed by atoms with van der Waals surface area (Å²) in [5, 5.41) is 26.8. The minimum Gasteiger partial charge on any atom is -0.376 e. The number of hydrogen-bond donors (Lipinski definition) is 3. The number of nitrogens with one attached hydrogen (secondary N) is 3. The third-order valence-electron chi connectivity index (χ3n) is 6.47. The molecule has 0 radical (unpaired) electrons. The van der Waals surface area contributed by atoms with Crippen LogP contribution in [0.3, 0.4) is 0 Å². The maximum absolute atomic E-state index is 13.1. The second kappa shape index (κ2) is 11.6. The van der Waals surface area contributed by atoms with Crippen LogP contribution < -0.4 is 16.0 Å². The van der Waals surface area contributed by atoms with Crippen LogP contribution >= 0.6 is 11.3 Å². The molecule has 0 saturated heterocycles. The second-order valence-electron chi connectivity index (χ2n) is 9.61. The van der Waals surface area contributed by atoms with Crippen molar-refractivity contribution in [2.24, 2.45) is 0 Å². The van der Waals surface area contributed by atoms with Crippen molar-refractivity contribution >= 4 is 34.1 Å². The smallest absolute Gasteiger partial charge is 0.229 e. The van der Waals surface area contributed by atoms with Gasteiger partial charge in [0.15, 0.2) is 5.82 Å². The van der Waals surface area contributed by atoms with E-state index in [1.165, 1.54) is 36.7 Å². The molecule has 1 aliphatic heterocycles. The number of aryl methyl sites for hydroxylation is 2. The molecule has 1 saturated carbocycles. The van der Waals surface area contributed by atoms with Gasteiger partial charge in [-0.25, -0.2) is 0 Å². The van der Waals surface area contributed by atoms with Crippen molar-refractivity contribution in [3.05, 3.63) is 76.8 Å². The van der Waals surface area contributed by atoms with E-state index in [4.69, 9.17) is 0 Å². The van der Waals surface area contributed by atoms with Crippen molar-refractivity contribution in [2.75, 3.05) is 10.6 Å². The lowest BCUT2D eigenvalue weighted by Gasteiger charge is -2.32. The van der Waals surface area contributed by atoms with Crippen LogP contribution in [0.2, 0.25) is 0 Å². The highest BCUT2D eigenvalue weighted by atomic mass is 32.1. The van der Waals surface area contributed by atoms with Crippen molar-refractivity contribution in [1.29, 1.82) is 0 Å². The van der Waals surface area contributed by atoms with Gasteiger partial charge in [0.05, 0.1) is 17.8 Å². The van der Waals surface area contributed by atoms with Gasteiger partial charge >= 0.3 is 0 Å². The van der Waals surface area contributed by atoms with Gasteiger partial charge in [0.1, 0.15) is 10.5 Å². The zero-order chi connectivity index (χ0) is 26.4. The van der Waals surface area contributed by atoms with Gasteiger partial charge in [0.2, 0.25) is 16.9 Å². The predicted octanol–water partition coefficient (Wildman–Crippen LogP) is 4.02. The Bertz CT molecular complexity index is 1350. The molecule has 1 unspecified atom stereocenters. The first kappa shape index (κ1) is 25.7. The number of allylic oxidation sites excluding steroid dienone is 2. The van der Waals surface area contributed by atoms with Gasteiger partial charge < -0.3 is 16.0 Å². The summed E-state index contributed by atoms with van der Waals surface area (Å²) < 4.78 is 0. The summed E-state index contributed by atoms with van der Waals surface area (Å²) in [5.41, 5.74) is 2.28. The van der Waals surface area contributed by atoms with Crippen LogP contribution in [0.4, 0.5) is 10.9 Å². The van der Waals surface area contributed by atoms with Gasteiger partial charge in [-0.1, -0.05) is 23.5 Å². The quantitative estimate of drug-likeness (QED) is 0.317. The molecule has 3 N–H and O–H groups in total. The van der Waals surface area contributed by atoms with E-state index in [0.29, 0.717) is 16.9 Å². The first-order valence-corrected chi connectivity index (χ1v) is 13.6. The molecule has 1 aliphatic carbocycles. The number of carbonyl (C=O) groups excluding carboxylic acids is 2. The second-order valence-corrected chi connectivity index (χ2v) is 10.7. The topological polar surface area (TPSA) is 135 Å². The average Bonchev–Trinajstić information content (AvgIpc) is 3.68. The lowest BCUT2D eigenvalue weighted by Crippen LogP contribution is -2.42. The van der Waals surface area contributed by atoms with Crippen molar-refractivity contribution in [3.63, 3.8) is 0 Å². The highest BCUT2D eigenvalue weighted by Gasteiger charge is 2.35. The molecule has 38 heavy (non-hydrogen) atoms. The number of anilines is 2. The highest BCUT2D eigenvalue weighted by molar-refractivity contribution is 7.15. The molecule has 1 atom stereocenters. The Morgan fingerprint density at radius 3 is 2.66 bits per heavy atom. The summed E-state index contributed by atoms with van der Waals surface area (Å²) in [5.74, 6) is 0.731. The van der Waals surface area contributed by atoms with Crippen LogP contribution in [0.25, 0.3) is 0 Å². The fourth-order valence-electron chi connectivity index (χ4n) is 4.39. The number of pyridine rings is 1. The molecule has 11 heteroatoms. The summed E-state index contributed by atoms with van der Waals surface area (Å²) in [4.78, 5) is 28.8. The van der Waals surface area contributed by atoms with E-state index in [-0.39, 0.29) is 18.2 Å². The van der Waals surface area contributed by atoms with Gasteiger partial charge in [0, 0.05) is 19.5 Å². The normalized spacial score (nSPS) is 18.1. The Morgan fingerprint density at radius 2 is 1.92 bits per heavy atom. The SMILES string of the molecule is CC(=O)Nc1ccc(CCCCc2nnc(NC(=O)CC3(c4cc(C5CC5)ccn4)C=CC=CN3)s2)nn1. The molecule has 2 amide bonds. The Morgan fingerprint density at radius 1 is 1.05 bits per heavy atom. The largest absolute Gasteiger partial charge is 0.376 e. The van der Waals surface area contributed by atoms with Crippen molar-refractivity contribution in [2.45, 2.75) is 63.3 Å². The van der Waals surface area contributed by atoms with Crippen LogP contribution in [-0.2, 0) is 28.0 Å². The lowest BCUT2D eigenvalue weighted by molar-refractivity contribution is -0.117. The van der Waals surface area contributed by atoms with Gasteiger partial charge in [-0.2, -0.15) is 5.10 Å². The molecule has 196 valence electrons. The molecule has 0 bridgehead atoms. The predicted molar refractivity (Wildman–Crippen MR) is 145 cm³/mol. The average molecular weight is 531 g/mol. The number of unbranched alkanes of at least 4 members (excludes halogenated alkanes) is 1. The fraction of sp³-hybridized carbons (Fsp3) is 0.370. The molecule has 1 fully saturated rings. The third kappa shape index (κ3) is 6.65. The van der Waals surface area contributed by atoms with E-state index in [1.54, 1.807) is 6.07 Å². The first-order chi connectivity index (χ1) is 18.5. The Labute approximate surface area is 225 Å². The van der Waals surface area contributed by atoms with E-state index < -0.39 is 5.54 Å². The number of nitrogens with zero attached hydrogens (tertiary/aromatic N) is 5. The van der Waals surface area contributed by atoms with Gasteiger partial charge in [0.25, 0.3) is 0 Å². The monoisotopic (exact) mass is 530 g/mol. The molecule has 10 nitrogen and oxygen atoms in total. The summed E-state index contributed by atoms with van der Waals surface area (Å²) >= 11 is 1.40. The number of carbonyl (C=O) groups is 2. The first-order valence-electron chi connectivity index (χ1n) is 12.8. The zero-order valence-corrected chi connectivity index (χ0v) is 22.0. The number of aromatic nitrogens is 5. The molecular weight excluding hydrogens is 500 g/mol. The van der Waals surface area contributed by atoms with Crippen molar-refractivity contribution < 1.29 is 9.59 Å². The molecule has 4 heterocycles. The standard InChI is InChI=1S/C27H30N8O2S/c1-18(36)30-23-11-10-21(32-33-23)6-2-3-7-25-34-35-26(38-25)31-24(37)17-27(13-4-5-14-29-27)22-16-20(12-15-28-22)19-8-9-19/h4-5,10-16,19,29H,2-3,6-9,17H2,1H3,(H,30,33,36)(H,31,35,37). The number of hydrogen-bond acceptors (Lipinski definition) is 9. The molecular formula is C27H30N8O2S. The number of rotatable bonds is 11. The third-order valence-corrected chi connectivity index (χ3v) is 7.37. The Kier molecular flexibility index (Phi) is 7.83. The van der Waals surface area contributed by atoms with Crippen LogP contribution in [0.5, 0.6) is 0 Å². The highest BCUT2D eigenvalue weighted by Crippen LogP contribution is 2.41. The molecule has 2 aliphatic rings. The molecule has 0 aromatic carbocycles. The van der Waals surface area contributed by atoms with E-state index >= 15 is 0 Å². The van der Waals surface area contributed by atoms with Crippen LogP contribution in [-0.4, -0.2) is 37.2 Å². The summed E-state index contributed by atoms with van der Waals surface area (Å²) in [6.07, 6.45) is 15.5. The minimum atomic E-state index is -0.708. The van der Waals surface area contributed by atoms with E-state index in [2.05, 4.69) is 53.5 Å². The molecule has 0 spiro atoms. The zero-order valence-electron chi connectivity index (χ0n) is 21.2. The Hall–Kier alpha value is -3.99.